The van der Waals surface area contributed by atoms with Gasteiger partial charge in [-0.2, -0.15) is 0 Å². The van der Waals surface area contributed by atoms with E-state index < -0.39 is 11.9 Å². The maximum absolute atomic E-state index is 11.1. The zero-order chi connectivity index (χ0) is 14.4. The Kier molecular flexibility index (Phi) is 5.57. The third kappa shape index (κ3) is 4.75. The highest BCUT2D eigenvalue weighted by molar-refractivity contribution is 9.10. The van der Waals surface area contributed by atoms with Gasteiger partial charge in [-0.3, -0.25) is 0 Å². The van der Waals surface area contributed by atoms with E-state index in [1.54, 1.807) is 13.0 Å². The van der Waals surface area contributed by atoms with Crippen LogP contribution < -0.4 is 4.74 Å². The minimum absolute atomic E-state index is 0.229. The maximum atomic E-state index is 11.1. The molecule has 0 heterocycles. The fourth-order valence-corrected chi connectivity index (χ4v) is 2.02. The van der Waals surface area contributed by atoms with Crippen LogP contribution in [0.2, 0.25) is 0 Å². The Hall–Kier alpha value is -1.82. The van der Waals surface area contributed by atoms with Crippen LogP contribution in [0.4, 0.5) is 0 Å². The Labute approximate surface area is 119 Å². The van der Waals surface area contributed by atoms with Crippen molar-refractivity contribution in [3.05, 3.63) is 33.8 Å². The number of carboxylic acid groups (broad SMARTS) is 1. The van der Waals surface area contributed by atoms with Gasteiger partial charge in [0.15, 0.2) is 6.61 Å². The summed E-state index contributed by atoms with van der Waals surface area (Å²) < 4.78 is 10.6. The van der Waals surface area contributed by atoms with E-state index in [-0.39, 0.29) is 6.61 Å². The highest BCUT2D eigenvalue weighted by Gasteiger charge is 2.10. The van der Waals surface area contributed by atoms with Gasteiger partial charge in [-0.25, -0.2) is 9.59 Å². The average Bonchev–Trinajstić information content (AvgIpc) is 2.34. The molecular formula is C13H13BrO5. The number of rotatable bonds is 5. The number of carboxylic acids is 1. The van der Waals surface area contributed by atoms with Gasteiger partial charge in [-0.15, -0.1) is 0 Å². The van der Waals surface area contributed by atoms with Crippen LogP contribution >= 0.6 is 15.9 Å². The highest BCUT2D eigenvalue weighted by Crippen LogP contribution is 2.29. The highest BCUT2D eigenvalue weighted by atomic mass is 79.9. The smallest absolute Gasteiger partial charge is 0.343 e. The second-order valence-electron chi connectivity index (χ2n) is 3.68. The first kappa shape index (κ1) is 15.2. The van der Waals surface area contributed by atoms with Crippen molar-refractivity contribution in [1.82, 2.24) is 0 Å². The molecule has 0 amide bonds. The molecule has 0 unspecified atom stereocenters. The second kappa shape index (κ2) is 6.94. The average molecular weight is 329 g/mol. The molecule has 0 aromatic heterocycles. The number of carbonyl (C=O) groups excluding carboxylic acids is 1. The molecule has 0 saturated heterocycles. The summed E-state index contributed by atoms with van der Waals surface area (Å²) >= 11 is 3.32. The van der Waals surface area contributed by atoms with Crippen LogP contribution in [0.15, 0.2) is 22.7 Å². The van der Waals surface area contributed by atoms with Crippen molar-refractivity contribution in [2.75, 3.05) is 13.7 Å². The number of aryl methyl sites for hydroxylation is 1. The minimum Gasteiger partial charge on any atom is -0.481 e. The van der Waals surface area contributed by atoms with Gasteiger partial charge in [0.25, 0.3) is 0 Å². The van der Waals surface area contributed by atoms with E-state index in [4.69, 9.17) is 9.84 Å². The summed E-state index contributed by atoms with van der Waals surface area (Å²) in [5.74, 6) is -1.11. The van der Waals surface area contributed by atoms with Gasteiger partial charge < -0.3 is 14.6 Å². The summed E-state index contributed by atoms with van der Waals surface area (Å²) in [4.78, 5) is 21.6. The summed E-state index contributed by atoms with van der Waals surface area (Å²) in [5.41, 5.74) is 1.35. The molecule has 1 aromatic carbocycles. The Morgan fingerprint density at radius 1 is 1.42 bits per heavy atom. The number of ether oxygens (including phenoxy) is 2. The summed E-state index contributed by atoms with van der Waals surface area (Å²) in [6.45, 7) is 1.57. The van der Waals surface area contributed by atoms with Crippen LogP contribution in [0.1, 0.15) is 11.1 Å². The number of halogens is 1. The first-order valence-electron chi connectivity index (χ1n) is 5.34. The number of hydrogen-bond donors (Lipinski definition) is 1. The number of esters is 1. The number of benzene rings is 1. The first-order chi connectivity index (χ1) is 8.93. The van der Waals surface area contributed by atoms with Gasteiger partial charge in [-0.1, -0.05) is 15.9 Å². The molecule has 19 heavy (non-hydrogen) atoms. The summed E-state index contributed by atoms with van der Waals surface area (Å²) in [5, 5.41) is 8.65. The maximum Gasteiger partial charge on any atom is 0.343 e. The van der Waals surface area contributed by atoms with Crippen LogP contribution in [0, 0.1) is 6.92 Å². The lowest BCUT2D eigenvalue weighted by atomic mass is 10.1. The molecule has 0 aliphatic heterocycles. The molecule has 0 fully saturated rings. The predicted octanol–water partition coefficient (Wildman–Crippen LogP) is 2.41. The molecule has 102 valence electrons. The molecule has 1 rings (SSSR count). The Morgan fingerprint density at radius 3 is 2.68 bits per heavy atom. The molecular weight excluding hydrogens is 316 g/mol. The van der Waals surface area contributed by atoms with Crippen LogP contribution in [0.3, 0.4) is 0 Å². The fraction of sp³-hybridized carbons (Fsp3) is 0.231. The van der Waals surface area contributed by atoms with Gasteiger partial charge in [0, 0.05) is 16.1 Å². The first-order valence-corrected chi connectivity index (χ1v) is 6.14. The topological polar surface area (TPSA) is 72.8 Å². The van der Waals surface area contributed by atoms with Crippen LogP contribution in [0.25, 0.3) is 6.08 Å². The van der Waals surface area contributed by atoms with Crippen molar-refractivity contribution < 1.29 is 24.2 Å². The van der Waals surface area contributed by atoms with Crippen LogP contribution in [-0.2, 0) is 14.3 Å². The zero-order valence-electron chi connectivity index (χ0n) is 10.5. The molecule has 5 nitrogen and oxygen atoms in total. The normalized spacial score (nSPS) is 10.5. The van der Waals surface area contributed by atoms with Crippen molar-refractivity contribution in [2.24, 2.45) is 0 Å². The molecule has 0 bridgehead atoms. The fourth-order valence-electron chi connectivity index (χ4n) is 1.43. The van der Waals surface area contributed by atoms with Crippen molar-refractivity contribution in [3.63, 3.8) is 0 Å². The molecule has 0 aliphatic carbocycles. The summed E-state index contributed by atoms with van der Waals surface area (Å²) in [6.07, 6.45) is 2.42. The summed E-state index contributed by atoms with van der Waals surface area (Å²) in [7, 11) is 1.27. The number of methoxy groups -OCH3 is 1. The largest absolute Gasteiger partial charge is 0.481 e. The van der Waals surface area contributed by atoms with Crippen molar-refractivity contribution in [2.45, 2.75) is 6.92 Å². The Bertz CT molecular complexity index is 522. The Balaban J connectivity index is 3.06. The van der Waals surface area contributed by atoms with E-state index in [1.165, 1.54) is 13.2 Å². The third-order valence-corrected chi connectivity index (χ3v) is 2.69. The van der Waals surface area contributed by atoms with E-state index in [0.717, 1.165) is 16.1 Å². The van der Waals surface area contributed by atoms with Gasteiger partial charge in [0.2, 0.25) is 0 Å². The van der Waals surface area contributed by atoms with E-state index in [0.29, 0.717) is 11.3 Å². The lowest BCUT2D eigenvalue weighted by Gasteiger charge is -2.12. The molecule has 0 atom stereocenters. The molecule has 1 aromatic rings. The van der Waals surface area contributed by atoms with E-state index in [1.807, 2.05) is 6.07 Å². The van der Waals surface area contributed by atoms with Crippen LogP contribution in [0.5, 0.6) is 5.75 Å². The van der Waals surface area contributed by atoms with Gasteiger partial charge in [0.1, 0.15) is 5.75 Å². The van der Waals surface area contributed by atoms with E-state index >= 15 is 0 Å². The SMILES string of the molecule is COC(=O)COc1c(C)cc(Br)cc1/C=C/C(=O)O. The van der Waals surface area contributed by atoms with Gasteiger partial charge >= 0.3 is 11.9 Å². The van der Waals surface area contributed by atoms with E-state index in [2.05, 4.69) is 20.7 Å². The number of carbonyl (C=O) groups is 2. The lowest BCUT2D eigenvalue weighted by molar-refractivity contribution is -0.143. The van der Waals surface area contributed by atoms with Crippen molar-refractivity contribution in [1.29, 1.82) is 0 Å². The molecule has 0 saturated carbocycles. The minimum atomic E-state index is -1.06. The van der Waals surface area contributed by atoms with Crippen molar-refractivity contribution in [3.8, 4) is 5.75 Å². The molecule has 0 radical (unpaired) electrons. The third-order valence-electron chi connectivity index (χ3n) is 2.24. The standard InChI is InChI=1S/C13H13BrO5/c1-8-5-10(14)6-9(3-4-11(15)16)13(8)19-7-12(17)18-2/h3-6H,7H2,1-2H3,(H,15,16)/b4-3+. The zero-order valence-corrected chi connectivity index (χ0v) is 12.1. The van der Waals surface area contributed by atoms with Gasteiger partial charge in [-0.05, 0) is 30.7 Å². The van der Waals surface area contributed by atoms with Gasteiger partial charge in [0.05, 0.1) is 7.11 Å². The van der Waals surface area contributed by atoms with Crippen LogP contribution in [-0.4, -0.2) is 30.8 Å². The number of hydrogen-bond acceptors (Lipinski definition) is 4. The molecule has 1 N–H and O–H groups in total. The molecule has 6 heteroatoms. The molecule has 0 spiro atoms. The van der Waals surface area contributed by atoms with Crippen molar-refractivity contribution >= 4 is 33.9 Å². The predicted molar refractivity (Wildman–Crippen MR) is 73.1 cm³/mol. The van der Waals surface area contributed by atoms with E-state index in [9.17, 15) is 9.59 Å². The lowest BCUT2D eigenvalue weighted by Crippen LogP contribution is -2.13. The summed E-state index contributed by atoms with van der Waals surface area (Å²) in [6, 6.07) is 3.52. The number of aliphatic carboxylic acids is 1. The molecule has 0 aliphatic rings. The second-order valence-corrected chi connectivity index (χ2v) is 4.59. The Morgan fingerprint density at radius 2 is 2.11 bits per heavy atom. The monoisotopic (exact) mass is 328 g/mol. The quantitative estimate of drug-likeness (QED) is 0.663.